The second kappa shape index (κ2) is 7.65. The molecule has 1 N–H and O–H groups in total. The summed E-state index contributed by atoms with van der Waals surface area (Å²) in [6.07, 6.45) is 5.12. The van der Waals surface area contributed by atoms with Gasteiger partial charge >= 0.3 is 0 Å². The van der Waals surface area contributed by atoms with E-state index in [2.05, 4.69) is 27.7 Å². The number of amides is 1. The highest BCUT2D eigenvalue weighted by atomic mass is 32.1. The normalized spacial score (nSPS) is 19.6. The first-order valence-electron chi connectivity index (χ1n) is 7.24. The van der Waals surface area contributed by atoms with Gasteiger partial charge in [-0.05, 0) is 56.6 Å². The minimum atomic E-state index is 0.345. The lowest BCUT2D eigenvalue weighted by Gasteiger charge is -2.32. The molecule has 1 aliphatic heterocycles. The van der Waals surface area contributed by atoms with Gasteiger partial charge in [0.15, 0.2) is 0 Å². The lowest BCUT2D eigenvalue weighted by molar-refractivity contribution is -0.133. The Morgan fingerprint density at radius 3 is 3.21 bits per heavy atom. The zero-order chi connectivity index (χ0) is 13.5. The van der Waals surface area contributed by atoms with E-state index in [1.165, 1.54) is 11.3 Å². The molecule has 1 aromatic heterocycles. The molecular weight excluding hydrogens is 256 g/mol. The average Bonchev–Trinajstić information content (AvgIpc) is 2.92. The van der Waals surface area contributed by atoms with Crippen LogP contribution in [0, 0.1) is 5.92 Å². The molecule has 1 fully saturated rings. The van der Waals surface area contributed by atoms with Gasteiger partial charge in [-0.1, -0.05) is 6.07 Å². The van der Waals surface area contributed by atoms with E-state index in [9.17, 15) is 4.79 Å². The first-order chi connectivity index (χ1) is 9.29. The lowest BCUT2D eigenvalue weighted by atomic mass is 9.97. The van der Waals surface area contributed by atoms with Crippen LogP contribution >= 0.6 is 11.3 Å². The van der Waals surface area contributed by atoms with Crippen molar-refractivity contribution in [2.75, 3.05) is 26.7 Å². The number of carbonyl (C=O) groups excluding carboxylic acids is 1. The first kappa shape index (κ1) is 14.5. The summed E-state index contributed by atoms with van der Waals surface area (Å²) in [6.45, 7) is 2.93. The number of thiophene rings is 1. The highest BCUT2D eigenvalue weighted by molar-refractivity contribution is 7.09. The van der Waals surface area contributed by atoms with Crippen molar-refractivity contribution in [1.29, 1.82) is 0 Å². The molecule has 0 bridgehead atoms. The van der Waals surface area contributed by atoms with Crippen LogP contribution in [0.25, 0.3) is 0 Å². The molecule has 1 unspecified atom stereocenters. The Morgan fingerprint density at radius 2 is 2.47 bits per heavy atom. The fraction of sp³-hybridized carbons (Fsp3) is 0.667. The zero-order valence-electron chi connectivity index (χ0n) is 11.7. The number of piperidine rings is 1. The maximum absolute atomic E-state index is 12.2. The summed E-state index contributed by atoms with van der Waals surface area (Å²) in [5.41, 5.74) is 0. The molecule has 2 rings (SSSR count). The predicted octanol–water partition coefficient (Wildman–Crippen LogP) is 2.53. The molecule has 0 spiro atoms. The summed E-state index contributed by atoms with van der Waals surface area (Å²) in [7, 11) is 1.99. The molecule has 19 heavy (non-hydrogen) atoms. The average molecular weight is 280 g/mol. The molecule has 0 radical (unpaired) electrons. The Morgan fingerprint density at radius 1 is 1.58 bits per heavy atom. The third-order valence-electron chi connectivity index (χ3n) is 3.76. The SMILES string of the molecule is CNCC1CCCN(C(=O)CCCc2cccs2)C1. The topological polar surface area (TPSA) is 32.3 Å². The van der Waals surface area contributed by atoms with Crippen molar-refractivity contribution in [2.45, 2.75) is 32.1 Å². The predicted molar refractivity (Wildman–Crippen MR) is 80.5 cm³/mol. The minimum absolute atomic E-state index is 0.345. The summed E-state index contributed by atoms with van der Waals surface area (Å²) in [5.74, 6) is 0.984. The van der Waals surface area contributed by atoms with Crippen molar-refractivity contribution in [2.24, 2.45) is 5.92 Å². The molecular formula is C15H24N2OS. The molecule has 0 aromatic carbocycles. The van der Waals surface area contributed by atoms with Crippen molar-refractivity contribution >= 4 is 17.2 Å². The number of hydrogen-bond donors (Lipinski definition) is 1. The highest BCUT2D eigenvalue weighted by Crippen LogP contribution is 2.18. The van der Waals surface area contributed by atoms with E-state index in [0.717, 1.165) is 38.9 Å². The van der Waals surface area contributed by atoms with Crippen LogP contribution < -0.4 is 5.32 Å². The van der Waals surface area contributed by atoms with Crippen LogP contribution in [-0.4, -0.2) is 37.5 Å². The minimum Gasteiger partial charge on any atom is -0.342 e. The molecule has 1 aliphatic rings. The van der Waals surface area contributed by atoms with Crippen LogP contribution in [0.4, 0.5) is 0 Å². The third kappa shape index (κ3) is 4.62. The van der Waals surface area contributed by atoms with Gasteiger partial charge in [-0.15, -0.1) is 11.3 Å². The van der Waals surface area contributed by atoms with Gasteiger partial charge in [-0.2, -0.15) is 0 Å². The van der Waals surface area contributed by atoms with E-state index >= 15 is 0 Å². The van der Waals surface area contributed by atoms with Crippen molar-refractivity contribution in [3.63, 3.8) is 0 Å². The van der Waals surface area contributed by atoms with E-state index in [4.69, 9.17) is 0 Å². The maximum Gasteiger partial charge on any atom is 0.222 e. The molecule has 3 nitrogen and oxygen atoms in total. The fourth-order valence-corrected chi connectivity index (χ4v) is 3.52. The smallest absolute Gasteiger partial charge is 0.222 e. The molecule has 106 valence electrons. The Kier molecular flexibility index (Phi) is 5.86. The molecule has 0 aliphatic carbocycles. The van der Waals surface area contributed by atoms with Gasteiger partial charge in [-0.3, -0.25) is 4.79 Å². The van der Waals surface area contributed by atoms with Gasteiger partial charge < -0.3 is 10.2 Å². The molecule has 1 atom stereocenters. The van der Waals surface area contributed by atoms with Crippen LogP contribution in [0.15, 0.2) is 17.5 Å². The van der Waals surface area contributed by atoms with Crippen LogP contribution in [0.3, 0.4) is 0 Å². The molecule has 4 heteroatoms. The van der Waals surface area contributed by atoms with Gasteiger partial charge in [0, 0.05) is 24.4 Å². The van der Waals surface area contributed by atoms with Crippen molar-refractivity contribution in [3.05, 3.63) is 22.4 Å². The van der Waals surface area contributed by atoms with E-state index < -0.39 is 0 Å². The van der Waals surface area contributed by atoms with Crippen molar-refractivity contribution in [1.82, 2.24) is 10.2 Å². The van der Waals surface area contributed by atoms with E-state index in [1.54, 1.807) is 11.3 Å². The Labute approximate surface area is 120 Å². The Bertz CT molecular complexity index is 376. The van der Waals surface area contributed by atoms with Gasteiger partial charge in [0.1, 0.15) is 0 Å². The number of carbonyl (C=O) groups is 1. The number of likely N-dealkylation sites (tertiary alicyclic amines) is 1. The fourth-order valence-electron chi connectivity index (χ4n) is 2.77. The molecule has 1 saturated heterocycles. The van der Waals surface area contributed by atoms with E-state index in [0.29, 0.717) is 18.2 Å². The van der Waals surface area contributed by atoms with E-state index in [-0.39, 0.29) is 0 Å². The number of rotatable bonds is 6. The summed E-state index contributed by atoms with van der Waals surface area (Å²) in [4.78, 5) is 15.6. The van der Waals surface area contributed by atoms with Crippen LogP contribution in [0.5, 0.6) is 0 Å². The summed E-state index contributed by atoms with van der Waals surface area (Å²) in [5, 5.41) is 5.32. The molecule has 2 heterocycles. The van der Waals surface area contributed by atoms with Crippen LogP contribution in [0.2, 0.25) is 0 Å². The van der Waals surface area contributed by atoms with Gasteiger partial charge in [0.25, 0.3) is 0 Å². The summed E-state index contributed by atoms with van der Waals surface area (Å²) in [6, 6.07) is 4.23. The largest absolute Gasteiger partial charge is 0.342 e. The van der Waals surface area contributed by atoms with Gasteiger partial charge in [0.05, 0.1) is 0 Å². The maximum atomic E-state index is 12.2. The van der Waals surface area contributed by atoms with E-state index in [1.807, 2.05) is 7.05 Å². The summed E-state index contributed by atoms with van der Waals surface area (Å²) >= 11 is 1.78. The quantitative estimate of drug-likeness (QED) is 0.868. The number of aryl methyl sites for hydroxylation is 1. The van der Waals surface area contributed by atoms with Crippen LogP contribution in [-0.2, 0) is 11.2 Å². The number of hydrogen-bond acceptors (Lipinski definition) is 3. The Hall–Kier alpha value is -0.870. The molecule has 1 amide bonds. The second-order valence-corrected chi connectivity index (χ2v) is 6.37. The highest BCUT2D eigenvalue weighted by Gasteiger charge is 2.22. The lowest BCUT2D eigenvalue weighted by Crippen LogP contribution is -2.42. The monoisotopic (exact) mass is 280 g/mol. The van der Waals surface area contributed by atoms with Crippen LogP contribution in [0.1, 0.15) is 30.6 Å². The third-order valence-corrected chi connectivity index (χ3v) is 4.69. The standard InChI is InChI=1S/C15H24N2OS/c1-16-11-13-5-3-9-17(12-13)15(18)8-2-6-14-7-4-10-19-14/h4,7,10,13,16H,2-3,5-6,8-9,11-12H2,1H3. The first-order valence-corrected chi connectivity index (χ1v) is 8.12. The summed E-state index contributed by atoms with van der Waals surface area (Å²) < 4.78 is 0. The van der Waals surface area contributed by atoms with Gasteiger partial charge in [-0.25, -0.2) is 0 Å². The zero-order valence-corrected chi connectivity index (χ0v) is 12.5. The van der Waals surface area contributed by atoms with Crippen molar-refractivity contribution < 1.29 is 4.79 Å². The molecule has 1 aromatic rings. The molecule has 0 saturated carbocycles. The van der Waals surface area contributed by atoms with Gasteiger partial charge in [0.2, 0.25) is 5.91 Å². The Balaban J connectivity index is 1.70. The second-order valence-electron chi connectivity index (χ2n) is 5.34. The van der Waals surface area contributed by atoms with Crippen molar-refractivity contribution in [3.8, 4) is 0 Å². The number of nitrogens with zero attached hydrogens (tertiary/aromatic N) is 1. The number of nitrogens with one attached hydrogen (secondary N) is 1.